The number of H-pyrrole nitrogens is 1. The van der Waals surface area contributed by atoms with E-state index in [1.807, 2.05) is 37.2 Å². The maximum Gasteiger partial charge on any atom is 0.410 e. The smallest absolute Gasteiger partial charge is 0.410 e. The maximum atomic E-state index is 15.0. The molecule has 9 nitrogen and oxygen atoms in total. The Labute approximate surface area is 235 Å². The number of benzene rings is 1. The van der Waals surface area contributed by atoms with E-state index < -0.39 is 23.8 Å². The molecule has 41 heavy (non-hydrogen) atoms. The lowest BCUT2D eigenvalue weighted by molar-refractivity contribution is 0.0472. The number of ether oxygens (including phenoxy) is 1. The molecule has 0 saturated carbocycles. The summed E-state index contributed by atoms with van der Waals surface area (Å²) in [7, 11) is 3.80. The lowest BCUT2D eigenvalue weighted by Crippen LogP contribution is -2.41. The number of imidazole rings is 1. The molecule has 1 amide bonds. The fourth-order valence-corrected chi connectivity index (χ4v) is 6.50. The van der Waals surface area contributed by atoms with Gasteiger partial charge in [-0.25, -0.2) is 23.4 Å². The second-order valence-corrected chi connectivity index (χ2v) is 11.0. The molecular formula is C30H32F2N6O3. The van der Waals surface area contributed by atoms with Gasteiger partial charge in [-0.05, 0) is 75.2 Å². The summed E-state index contributed by atoms with van der Waals surface area (Å²) in [6.45, 7) is 0.865. The van der Waals surface area contributed by atoms with Crippen LogP contribution in [0.5, 0.6) is 0 Å². The highest BCUT2D eigenvalue weighted by Crippen LogP contribution is 2.46. The normalized spacial score (nSPS) is 21.6. The summed E-state index contributed by atoms with van der Waals surface area (Å²) in [4.78, 5) is 41.3. The molecular weight excluding hydrogens is 530 g/mol. The molecule has 6 rings (SSSR count). The van der Waals surface area contributed by atoms with Crippen molar-refractivity contribution in [2.24, 2.45) is 0 Å². The molecule has 1 fully saturated rings. The van der Waals surface area contributed by atoms with E-state index in [1.54, 1.807) is 34.0 Å². The number of piperidine rings is 1. The Kier molecular flexibility index (Phi) is 7.29. The first-order valence-electron chi connectivity index (χ1n) is 13.9. The number of rotatable bonds is 4. The number of halogens is 2. The molecule has 3 aromatic heterocycles. The van der Waals surface area contributed by atoms with Gasteiger partial charge in [0.15, 0.2) is 17.3 Å². The predicted molar refractivity (Wildman–Crippen MR) is 148 cm³/mol. The second kappa shape index (κ2) is 11.0. The Morgan fingerprint density at radius 1 is 0.976 bits per heavy atom. The quantitative estimate of drug-likeness (QED) is 0.348. The number of pyridine rings is 2. The van der Waals surface area contributed by atoms with Gasteiger partial charge in [-0.3, -0.25) is 14.5 Å². The zero-order valence-electron chi connectivity index (χ0n) is 23.0. The molecule has 1 aliphatic carbocycles. The highest BCUT2D eigenvalue weighted by molar-refractivity contribution is 5.70. The van der Waals surface area contributed by atoms with E-state index in [2.05, 4.69) is 15.0 Å². The summed E-state index contributed by atoms with van der Waals surface area (Å²) < 4.78 is 37.0. The number of amides is 1. The molecule has 0 bridgehead atoms. The third kappa shape index (κ3) is 4.99. The maximum absolute atomic E-state index is 15.0. The highest BCUT2D eigenvalue weighted by atomic mass is 19.2. The van der Waals surface area contributed by atoms with Crippen LogP contribution >= 0.6 is 0 Å². The van der Waals surface area contributed by atoms with Crippen LogP contribution in [0.4, 0.5) is 13.6 Å². The van der Waals surface area contributed by atoms with Gasteiger partial charge in [0, 0.05) is 43.5 Å². The van der Waals surface area contributed by atoms with Crippen LogP contribution in [0.3, 0.4) is 0 Å². The van der Waals surface area contributed by atoms with Crippen molar-refractivity contribution < 1.29 is 18.3 Å². The molecule has 3 atom stereocenters. The van der Waals surface area contributed by atoms with Crippen molar-refractivity contribution in [3.8, 4) is 0 Å². The Bertz CT molecular complexity index is 1630. The molecule has 1 unspecified atom stereocenters. The van der Waals surface area contributed by atoms with Crippen LogP contribution in [0.25, 0.3) is 11.2 Å². The first-order valence-corrected chi connectivity index (χ1v) is 13.9. The Morgan fingerprint density at radius 2 is 1.71 bits per heavy atom. The van der Waals surface area contributed by atoms with Crippen LogP contribution < -0.4 is 5.69 Å². The van der Waals surface area contributed by atoms with E-state index >= 15 is 0 Å². The number of hydrogen-bond donors (Lipinski definition) is 1. The number of carbonyl (C=O) groups excluding carboxylic acids is 1. The zero-order valence-corrected chi connectivity index (χ0v) is 23.0. The number of fused-ring (bicyclic) bond motifs is 2. The van der Waals surface area contributed by atoms with Gasteiger partial charge in [0.25, 0.3) is 0 Å². The topological polar surface area (TPSA) is 96.4 Å². The van der Waals surface area contributed by atoms with Crippen LogP contribution in [0.1, 0.15) is 66.6 Å². The third-order valence-electron chi connectivity index (χ3n) is 8.37. The average molecular weight is 563 g/mol. The SMILES string of the molecule is CN(C)C1c2cccnc2[C@H](OC(=O)N2CCC(n3c(=O)[nH]c4ncccc43)CC2)CC[C@H]1c1cccc(F)c1F. The standard InChI is InChI=1S/C30H32F2N6O3/c1-36(2)27-20(19-6-3-8-22(31)25(19)32)10-11-24(26-21(27)7-4-14-33-26)41-30(40)37-16-12-18(13-17-37)38-23-9-5-15-34-28(23)35-29(38)39/h3-9,14-15,18,20,24,27H,10-13,16-17H2,1-2H3,(H,34,35,39)/t20-,24+,27?/m0/s1. The van der Waals surface area contributed by atoms with Crippen molar-refractivity contribution >= 4 is 17.3 Å². The number of likely N-dealkylation sites (N-methyl/N-ethyl adjacent to an activating group) is 1. The minimum Gasteiger partial charge on any atom is -0.440 e. The monoisotopic (exact) mass is 562 g/mol. The molecule has 0 radical (unpaired) electrons. The molecule has 4 aromatic rings. The van der Waals surface area contributed by atoms with E-state index in [0.717, 1.165) is 17.1 Å². The molecule has 214 valence electrons. The van der Waals surface area contributed by atoms with Crippen molar-refractivity contribution in [1.29, 1.82) is 0 Å². The minimum atomic E-state index is -0.881. The first-order chi connectivity index (χ1) is 19.8. The fraction of sp³-hybridized carbons (Fsp3) is 0.400. The van der Waals surface area contributed by atoms with Crippen LogP contribution in [0, 0.1) is 11.6 Å². The number of aromatic nitrogens is 4. The Balaban J connectivity index is 1.21. The number of nitrogens with zero attached hydrogens (tertiary/aromatic N) is 5. The Hall–Kier alpha value is -4.12. The van der Waals surface area contributed by atoms with E-state index in [4.69, 9.17) is 4.74 Å². The van der Waals surface area contributed by atoms with Gasteiger partial charge in [-0.2, -0.15) is 0 Å². The van der Waals surface area contributed by atoms with Crippen LogP contribution in [0.2, 0.25) is 0 Å². The number of likely N-dealkylation sites (tertiary alicyclic amines) is 1. The van der Waals surface area contributed by atoms with E-state index in [1.165, 1.54) is 6.07 Å². The van der Waals surface area contributed by atoms with Gasteiger partial charge < -0.3 is 14.5 Å². The molecule has 11 heteroatoms. The van der Waals surface area contributed by atoms with Crippen molar-refractivity contribution in [3.05, 3.63) is 93.8 Å². The summed E-state index contributed by atoms with van der Waals surface area (Å²) in [5, 5.41) is 0. The molecule has 2 aliphatic rings. The number of carbonyl (C=O) groups is 1. The van der Waals surface area contributed by atoms with Crippen LogP contribution in [0.15, 0.2) is 59.7 Å². The van der Waals surface area contributed by atoms with Gasteiger partial charge >= 0.3 is 11.8 Å². The van der Waals surface area contributed by atoms with E-state index in [0.29, 0.717) is 55.7 Å². The van der Waals surface area contributed by atoms with E-state index in [-0.39, 0.29) is 23.7 Å². The highest BCUT2D eigenvalue weighted by Gasteiger charge is 2.38. The third-order valence-corrected chi connectivity index (χ3v) is 8.37. The summed E-state index contributed by atoms with van der Waals surface area (Å²) in [5.41, 5.74) is 2.85. The second-order valence-electron chi connectivity index (χ2n) is 11.0. The lowest BCUT2D eigenvalue weighted by Gasteiger charge is -2.33. The van der Waals surface area contributed by atoms with Crippen LogP contribution in [-0.4, -0.2) is 62.6 Å². The molecule has 1 aliphatic heterocycles. The summed E-state index contributed by atoms with van der Waals surface area (Å²) in [6.07, 6.45) is 4.29. The summed E-state index contributed by atoms with van der Waals surface area (Å²) in [5.74, 6) is -2.10. The first kappa shape index (κ1) is 27.1. The molecule has 4 heterocycles. The van der Waals surface area contributed by atoms with Gasteiger partial charge in [0.2, 0.25) is 0 Å². The van der Waals surface area contributed by atoms with Gasteiger partial charge in [-0.1, -0.05) is 18.2 Å². The lowest BCUT2D eigenvalue weighted by atomic mass is 9.84. The summed E-state index contributed by atoms with van der Waals surface area (Å²) >= 11 is 0. The van der Waals surface area contributed by atoms with Crippen molar-refractivity contribution in [2.45, 2.75) is 49.8 Å². The molecule has 0 spiro atoms. The van der Waals surface area contributed by atoms with Gasteiger partial charge in [0.1, 0.15) is 6.10 Å². The average Bonchev–Trinajstić information content (AvgIpc) is 3.22. The molecule has 1 saturated heterocycles. The predicted octanol–water partition coefficient (Wildman–Crippen LogP) is 5.09. The van der Waals surface area contributed by atoms with Gasteiger partial charge in [-0.15, -0.1) is 0 Å². The van der Waals surface area contributed by atoms with Gasteiger partial charge in [0.05, 0.1) is 11.2 Å². The van der Waals surface area contributed by atoms with Crippen molar-refractivity contribution in [3.63, 3.8) is 0 Å². The Morgan fingerprint density at radius 3 is 2.49 bits per heavy atom. The van der Waals surface area contributed by atoms with Crippen LogP contribution in [-0.2, 0) is 4.74 Å². The fourth-order valence-electron chi connectivity index (χ4n) is 6.50. The van der Waals surface area contributed by atoms with E-state index in [9.17, 15) is 18.4 Å². The zero-order chi connectivity index (χ0) is 28.7. The number of nitrogens with one attached hydrogen (secondary N) is 1. The summed E-state index contributed by atoms with van der Waals surface area (Å²) in [6, 6.07) is 11.3. The van der Waals surface area contributed by atoms with Crippen molar-refractivity contribution in [2.75, 3.05) is 27.2 Å². The minimum absolute atomic E-state index is 0.0625. The number of aromatic amines is 1. The van der Waals surface area contributed by atoms with Crippen molar-refractivity contribution in [1.82, 2.24) is 29.3 Å². The number of hydrogen-bond acceptors (Lipinski definition) is 6. The molecule has 1 N–H and O–H groups in total. The largest absolute Gasteiger partial charge is 0.440 e. The molecule has 1 aromatic carbocycles.